The fourth-order valence-corrected chi connectivity index (χ4v) is 2.68. The smallest absolute Gasteiger partial charge is 0.344 e. The summed E-state index contributed by atoms with van der Waals surface area (Å²) in [4.78, 5) is 35.4. The third-order valence-electron chi connectivity index (χ3n) is 4.15. The largest absolute Gasteiger partial charge is 0.482 e. The van der Waals surface area contributed by atoms with Crippen molar-refractivity contribution < 1.29 is 23.9 Å². The third-order valence-corrected chi connectivity index (χ3v) is 4.15. The summed E-state index contributed by atoms with van der Waals surface area (Å²) in [5.74, 6) is -0.779. The molecule has 0 aliphatic carbocycles. The molecule has 2 aromatic rings. The van der Waals surface area contributed by atoms with Crippen LogP contribution in [0, 0.1) is 0 Å². The molecule has 0 saturated heterocycles. The van der Waals surface area contributed by atoms with Crippen molar-refractivity contribution in [2.24, 2.45) is 5.10 Å². The van der Waals surface area contributed by atoms with E-state index in [-0.39, 0.29) is 12.4 Å². The Labute approximate surface area is 162 Å². The minimum absolute atomic E-state index is 0.0975. The molecule has 7 nitrogen and oxygen atoms in total. The summed E-state index contributed by atoms with van der Waals surface area (Å²) in [6, 6.07) is 16.1. The molecule has 1 heterocycles. The second-order valence-corrected chi connectivity index (χ2v) is 6.21. The number of carbonyl (C=O) groups is 3. The van der Waals surface area contributed by atoms with Crippen LogP contribution in [0.3, 0.4) is 0 Å². The number of carbonyl (C=O) groups excluding carboxylic acids is 3. The molecule has 0 aromatic heterocycles. The molecule has 2 aromatic carbocycles. The van der Waals surface area contributed by atoms with Crippen molar-refractivity contribution in [1.82, 2.24) is 5.01 Å². The fraction of sp³-hybridized carbons (Fsp3) is 0.238. The van der Waals surface area contributed by atoms with Gasteiger partial charge in [-0.2, -0.15) is 5.10 Å². The van der Waals surface area contributed by atoms with Crippen LogP contribution in [0.5, 0.6) is 5.75 Å². The summed E-state index contributed by atoms with van der Waals surface area (Å²) in [5, 5.41) is 5.61. The summed E-state index contributed by atoms with van der Waals surface area (Å²) in [5.41, 5.74) is 2.28. The highest BCUT2D eigenvalue weighted by Gasteiger charge is 2.22. The summed E-state index contributed by atoms with van der Waals surface area (Å²) in [7, 11) is 0. The monoisotopic (exact) mass is 380 g/mol. The molecule has 0 radical (unpaired) electrons. The van der Waals surface area contributed by atoms with Crippen LogP contribution in [-0.2, 0) is 14.3 Å². The Kier molecular flexibility index (Phi) is 6.16. The lowest BCUT2D eigenvalue weighted by molar-refractivity contribution is -0.153. The van der Waals surface area contributed by atoms with Crippen molar-refractivity contribution >= 4 is 23.4 Å². The maximum atomic E-state index is 12.2. The lowest BCUT2D eigenvalue weighted by Gasteiger charge is -2.12. The number of hydrazone groups is 1. The van der Waals surface area contributed by atoms with Crippen LogP contribution in [0.4, 0.5) is 0 Å². The van der Waals surface area contributed by atoms with Crippen molar-refractivity contribution in [3.05, 3.63) is 65.7 Å². The van der Waals surface area contributed by atoms with Gasteiger partial charge in [-0.15, -0.1) is 0 Å². The Morgan fingerprint density at radius 3 is 2.57 bits per heavy atom. The average Bonchev–Trinajstić information content (AvgIpc) is 3.22. The molecule has 0 saturated carbocycles. The topological polar surface area (TPSA) is 85.3 Å². The zero-order chi connectivity index (χ0) is 19.9. The number of rotatable bonds is 7. The van der Waals surface area contributed by atoms with Crippen LogP contribution in [-0.4, -0.2) is 48.1 Å². The Bertz CT molecular complexity index is 908. The number of amides is 1. The first-order valence-corrected chi connectivity index (χ1v) is 8.85. The van der Waals surface area contributed by atoms with Crippen molar-refractivity contribution in [3.63, 3.8) is 0 Å². The van der Waals surface area contributed by atoms with Crippen LogP contribution < -0.4 is 4.74 Å². The quantitative estimate of drug-likeness (QED) is 0.544. The van der Waals surface area contributed by atoms with Gasteiger partial charge in [0.15, 0.2) is 19.0 Å². The van der Waals surface area contributed by atoms with Gasteiger partial charge in [0, 0.05) is 12.0 Å². The van der Waals surface area contributed by atoms with Crippen LogP contribution in [0.1, 0.15) is 29.3 Å². The molecule has 144 valence electrons. The standard InChI is InChI=1S/C21H20N2O5/c1-15(24)17-8-5-9-18(12-17)27-14-21(26)28-13-20(25)23-11-10-19(22-23)16-6-3-2-4-7-16/h2-9,12H,10-11,13-14H2,1H3. The molecule has 0 spiro atoms. The molecule has 28 heavy (non-hydrogen) atoms. The normalized spacial score (nSPS) is 13.0. The van der Waals surface area contributed by atoms with Gasteiger partial charge in [-0.1, -0.05) is 42.5 Å². The number of hydrogen-bond acceptors (Lipinski definition) is 6. The maximum Gasteiger partial charge on any atom is 0.344 e. The highest BCUT2D eigenvalue weighted by atomic mass is 16.6. The summed E-state index contributed by atoms with van der Waals surface area (Å²) < 4.78 is 10.3. The Morgan fingerprint density at radius 2 is 1.82 bits per heavy atom. The number of ketones is 1. The number of esters is 1. The van der Waals surface area contributed by atoms with E-state index >= 15 is 0 Å². The highest BCUT2D eigenvalue weighted by molar-refractivity contribution is 6.02. The van der Waals surface area contributed by atoms with Crippen LogP contribution in [0.2, 0.25) is 0 Å². The van der Waals surface area contributed by atoms with E-state index in [1.807, 2.05) is 30.3 Å². The summed E-state index contributed by atoms with van der Waals surface area (Å²) in [6.07, 6.45) is 0.652. The first-order chi connectivity index (χ1) is 13.5. The van der Waals surface area contributed by atoms with Gasteiger partial charge < -0.3 is 9.47 Å². The van der Waals surface area contributed by atoms with Crippen LogP contribution in [0.25, 0.3) is 0 Å². The number of benzene rings is 2. The maximum absolute atomic E-state index is 12.2. The molecule has 1 amide bonds. The Balaban J connectivity index is 1.46. The fourth-order valence-electron chi connectivity index (χ4n) is 2.68. The van der Waals surface area contributed by atoms with E-state index in [0.29, 0.717) is 24.3 Å². The molecular formula is C21H20N2O5. The minimum atomic E-state index is -0.673. The molecule has 7 heteroatoms. The second kappa shape index (κ2) is 8.94. The van der Waals surface area contributed by atoms with Crippen molar-refractivity contribution in [2.45, 2.75) is 13.3 Å². The number of hydrogen-bond donors (Lipinski definition) is 0. The van der Waals surface area contributed by atoms with E-state index in [0.717, 1.165) is 11.3 Å². The Hall–Kier alpha value is -3.48. The van der Waals surface area contributed by atoms with Gasteiger partial charge in [0.05, 0.1) is 12.3 Å². The minimum Gasteiger partial charge on any atom is -0.482 e. The first kappa shape index (κ1) is 19.3. The van der Waals surface area contributed by atoms with Gasteiger partial charge in [-0.05, 0) is 24.6 Å². The van der Waals surface area contributed by atoms with Gasteiger partial charge >= 0.3 is 5.97 Å². The van der Waals surface area contributed by atoms with E-state index in [9.17, 15) is 14.4 Å². The van der Waals surface area contributed by atoms with E-state index in [4.69, 9.17) is 9.47 Å². The third kappa shape index (κ3) is 5.03. The van der Waals surface area contributed by atoms with Crippen molar-refractivity contribution in [3.8, 4) is 5.75 Å². The molecule has 0 N–H and O–H groups in total. The predicted molar refractivity (Wildman–Crippen MR) is 102 cm³/mol. The van der Waals surface area contributed by atoms with Crippen LogP contribution in [0.15, 0.2) is 59.7 Å². The average molecular weight is 380 g/mol. The highest BCUT2D eigenvalue weighted by Crippen LogP contribution is 2.15. The van der Waals surface area contributed by atoms with Gasteiger partial charge in [0.25, 0.3) is 5.91 Å². The molecule has 0 fully saturated rings. The second-order valence-electron chi connectivity index (χ2n) is 6.21. The number of ether oxygens (including phenoxy) is 2. The van der Waals surface area contributed by atoms with Crippen molar-refractivity contribution in [2.75, 3.05) is 19.8 Å². The molecule has 1 aliphatic rings. The molecule has 0 bridgehead atoms. The van der Waals surface area contributed by atoms with Gasteiger partial charge in [-0.25, -0.2) is 9.80 Å². The van der Waals surface area contributed by atoms with E-state index < -0.39 is 18.5 Å². The molecule has 0 unspecified atom stereocenters. The van der Waals surface area contributed by atoms with Crippen molar-refractivity contribution in [1.29, 1.82) is 0 Å². The van der Waals surface area contributed by atoms with Gasteiger partial charge in [0.1, 0.15) is 5.75 Å². The molecule has 3 rings (SSSR count). The molecule has 0 atom stereocenters. The summed E-state index contributed by atoms with van der Waals surface area (Å²) >= 11 is 0. The zero-order valence-electron chi connectivity index (χ0n) is 15.5. The lowest BCUT2D eigenvalue weighted by atomic mass is 10.1. The zero-order valence-corrected chi connectivity index (χ0v) is 15.5. The number of Topliss-reactive ketones (excluding diaryl/α,β-unsaturated/α-hetero) is 1. The lowest BCUT2D eigenvalue weighted by Crippen LogP contribution is -2.29. The van der Waals surface area contributed by atoms with Gasteiger partial charge in [0.2, 0.25) is 0 Å². The van der Waals surface area contributed by atoms with E-state index in [2.05, 4.69) is 5.10 Å². The van der Waals surface area contributed by atoms with Crippen LogP contribution >= 0.6 is 0 Å². The molecular weight excluding hydrogens is 360 g/mol. The SMILES string of the molecule is CC(=O)c1cccc(OCC(=O)OCC(=O)N2CCC(c3ccccc3)=N2)c1. The molecule has 1 aliphatic heterocycles. The van der Waals surface area contributed by atoms with Gasteiger partial charge in [-0.3, -0.25) is 9.59 Å². The van der Waals surface area contributed by atoms with E-state index in [1.54, 1.807) is 24.3 Å². The predicted octanol–water partition coefficient (Wildman–Crippen LogP) is 2.45. The Morgan fingerprint density at radius 1 is 1.04 bits per heavy atom. The van der Waals surface area contributed by atoms with E-state index in [1.165, 1.54) is 11.9 Å². The number of nitrogens with zero attached hydrogens (tertiary/aromatic N) is 2. The summed E-state index contributed by atoms with van der Waals surface area (Å²) in [6.45, 7) is 1.15. The first-order valence-electron chi connectivity index (χ1n) is 8.85.